The summed E-state index contributed by atoms with van der Waals surface area (Å²) in [6.07, 6.45) is 8.67. The Morgan fingerprint density at radius 1 is 1.15 bits per heavy atom. The highest BCUT2D eigenvalue weighted by molar-refractivity contribution is 5.59. The quantitative estimate of drug-likeness (QED) is 0.475. The zero-order valence-electron chi connectivity index (χ0n) is 9.05. The monoisotopic (exact) mass is 183 g/mol. The van der Waals surface area contributed by atoms with Crippen LogP contribution >= 0.6 is 0 Å². The van der Waals surface area contributed by atoms with Gasteiger partial charge in [-0.05, 0) is 39.5 Å². The fraction of sp³-hybridized carbons (Fsp3) is 0.909. The van der Waals surface area contributed by atoms with E-state index in [1.165, 1.54) is 32.1 Å². The van der Waals surface area contributed by atoms with Crippen molar-refractivity contribution in [1.29, 1.82) is 0 Å². The highest BCUT2D eigenvalue weighted by Crippen LogP contribution is 2.22. The lowest BCUT2D eigenvalue weighted by molar-refractivity contribution is 0.000989. The van der Waals surface area contributed by atoms with Crippen molar-refractivity contribution in [3.05, 3.63) is 0 Å². The van der Waals surface area contributed by atoms with Crippen molar-refractivity contribution in [1.82, 2.24) is 0 Å². The lowest BCUT2D eigenvalue weighted by Crippen LogP contribution is -2.16. The molecule has 0 saturated heterocycles. The Hall–Kier alpha value is -0.530. The van der Waals surface area contributed by atoms with E-state index in [9.17, 15) is 0 Å². The molecule has 1 rings (SSSR count). The zero-order valence-corrected chi connectivity index (χ0v) is 9.05. The van der Waals surface area contributed by atoms with Crippen LogP contribution in [0.2, 0.25) is 0 Å². The molecule has 0 unspecified atom stereocenters. The number of hydrogen-bond donors (Lipinski definition) is 0. The second-order valence-electron chi connectivity index (χ2n) is 4.86. The van der Waals surface area contributed by atoms with Crippen LogP contribution in [-0.2, 0) is 4.84 Å². The average Bonchev–Trinajstić information content (AvgIpc) is 2.04. The van der Waals surface area contributed by atoms with Crippen molar-refractivity contribution in [2.45, 2.75) is 58.5 Å². The first-order valence-electron chi connectivity index (χ1n) is 5.29. The molecule has 0 aliphatic heterocycles. The van der Waals surface area contributed by atoms with E-state index in [0.717, 1.165) is 0 Å². The van der Waals surface area contributed by atoms with Crippen molar-refractivity contribution >= 4 is 6.21 Å². The Morgan fingerprint density at radius 3 is 2.31 bits per heavy atom. The second kappa shape index (κ2) is 4.64. The molecule has 0 atom stereocenters. The van der Waals surface area contributed by atoms with E-state index in [1.54, 1.807) is 0 Å². The molecule has 2 nitrogen and oxygen atoms in total. The van der Waals surface area contributed by atoms with Gasteiger partial charge in [-0.15, -0.1) is 0 Å². The summed E-state index contributed by atoms with van der Waals surface area (Å²) in [6, 6.07) is 0. The van der Waals surface area contributed by atoms with Crippen LogP contribution in [0.25, 0.3) is 0 Å². The molecule has 0 heterocycles. The summed E-state index contributed by atoms with van der Waals surface area (Å²) in [4.78, 5) is 5.30. The molecular weight excluding hydrogens is 162 g/mol. The Bertz CT molecular complexity index is 163. The first-order chi connectivity index (χ1) is 6.08. The van der Waals surface area contributed by atoms with Gasteiger partial charge in [0.05, 0.1) is 0 Å². The summed E-state index contributed by atoms with van der Waals surface area (Å²) in [5.74, 6) is 0.663. The molecule has 1 aliphatic carbocycles. The van der Waals surface area contributed by atoms with Crippen LogP contribution in [0.3, 0.4) is 0 Å². The van der Waals surface area contributed by atoms with Gasteiger partial charge in [-0.3, -0.25) is 0 Å². The summed E-state index contributed by atoms with van der Waals surface area (Å²) >= 11 is 0. The maximum Gasteiger partial charge on any atom is 0.129 e. The fourth-order valence-electron chi connectivity index (χ4n) is 1.56. The van der Waals surface area contributed by atoms with Gasteiger partial charge in [-0.2, -0.15) is 0 Å². The van der Waals surface area contributed by atoms with Crippen molar-refractivity contribution in [2.75, 3.05) is 0 Å². The lowest BCUT2D eigenvalue weighted by atomic mass is 9.90. The van der Waals surface area contributed by atoms with Crippen LogP contribution in [0.4, 0.5) is 0 Å². The van der Waals surface area contributed by atoms with E-state index in [0.29, 0.717) is 5.92 Å². The van der Waals surface area contributed by atoms with Crippen LogP contribution in [0, 0.1) is 5.92 Å². The zero-order chi connectivity index (χ0) is 9.73. The topological polar surface area (TPSA) is 21.6 Å². The number of hydrogen-bond acceptors (Lipinski definition) is 2. The molecule has 0 aromatic carbocycles. The first kappa shape index (κ1) is 10.6. The predicted octanol–water partition coefficient (Wildman–Crippen LogP) is 3.37. The third-order valence-electron chi connectivity index (χ3n) is 2.25. The number of nitrogens with zero attached hydrogens (tertiary/aromatic N) is 1. The smallest absolute Gasteiger partial charge is 0.129 e. The van der Waals surface area contributed by atoms with Crippen molar-refractivity contribution in [2.24, 2.45) is 11.1 Å². The molecule has 0 spiro atoms. The maximum atomic E-state index is 5.30. The van der Waals surface area contributed by atoms with Gasteiger partial charge >= 0.3 is 0 Å². The molecule has 0 N–H and O–H groups in total. The summed E-state index contributed by atoms with van der Waals surface area (Å²) in [6.45, 7) is 6.06. The van der Waals surface area contributed by atoms with Crippen molar-refractivity contribution in [3.8, 4) is 0 Å². The van der Waals surface area contributed by atoms with Crippen LogP contribution in [0.5, 0.6) is 0 Å². The molecule has 1 aliphatic rings. The highest BCUT2D eigenvalue weighted by atomic mass is 16.6. The minimum Gasteiger partial charge on any atom is -0.390 e. The van der Waals surface area contributed by atoms with Crippen LogP contribution in [0.15, 0.2) is 5.16 Å². The number of rotatable bonds is 2. The van der Waals surface area contributed by atoms with Gasteiger partial charge < -0.3 is 4.84 Å². The third-order valence-corrected chi connectivity index (χ3v) is 2.25. The van der Waals surface area contributed by atoms with Gasteiger partial charge in [-0.25, -0.2) is 0 Å². The minimum absolute atomic E-state index is 0.148. The molecule has 2 heteroatoms. The second-order valence-corrected chi connectivity index (χ2v) is 4.86. The van der Waals surface area contributed by atoms with Gasteiger partial charge in [0.15, 0.2) is 0 Å². The van der Waals surface area contributed by atoms with E-state index in [1.807, 2.05) is 27.0 Å². The van der Waals surface area contributed by atoms with E-state index >= 15 is 0 Å². The van der Waals surface area contributed by atoms with Gasteiger partial charge in [-0.1, -0.05) is 24.4 Å². The average molecular weight is 183 g/mol. The Labute approximate surface area is 81.3 Å². The van der Waals surface area contributed by atoms with Crippen molar-refractivity contribution < 1.29 is 4.84 Å². The van der Waals surface area contributed by atoms with E-state index in [4.69, 9.17) is 4.84 Å². The van der Waals surface area contributed by atoms with E-state index in [2.05, 4.69) is 5.16 Å². The third kappa shape index (κ3) is 4.91. The van der Waals surface area contributed by atoms with Crippen molar-refractivity contribution in [3.63, 3.8) is 0 Å². The Balaban J connectivity index is 2.22. The summed E-state index contributed by atoms with van der Waals surface area (Å²) in [5.41, 5.74) is -0.148. The largest absolute Gasteiger partial charge is 0.390 e. The Kier molecular flexibility index (Phi) is 3.76. The molecule has 0 radical (unpaired) electrons. The molecule has 0 bridgehead atoms. The minimum atomic E-state index is -0.148. The summed E-state index contributed by atoms with van der Waals surface area (Å²) < 4.78 is 0. The molecule has 13 heavy (non-hydrogen) atoms. The molecule has 0 aromatic rings. The van der Waals surface area contributed by atoms with Gasteiger partial charge in [0, 0.05) is 6.21 Å². The van der Waals surface area contributed by atoms with E-state index < -0.39 is 0 Å². The predicted molar refractivity (Wildman–Crippen MR) is 55.9 cm³/mol. The van der Waals surface area contributed by atoms with Crippen LogP contribution < -0.4 is 0 Å². The summed E-state index contributed by atoms with van der Waals surface area (Å²) in [7, 11) is 0. The molecule has 0 aromatic heterocycles. The first-order valence-corrected chi connectivity index (χ1v) is 5.29. The molecule has 1 fully saturated rings. The molecule has 76 valence electrons. The SMILES string of the molecule is CC(C)(C)ON=CC1CCCCC1. The summed E-state index contributed by atoms with van der Waals surface area (Å²) in [5, 5.41) is 4.04. The molecular formula is C11H21NO. The van der Waals surface area contributed by atoms with Gasteiger partial charge in [0.2, 0.25) is 0 Å². The highest BCUT2D eigenvalue weighted by Gasteiger charge is 2.12. The fourth-order valence-corrected chi connectivity index (χ4v) is 1.56. The standard InChI is InChI=1S/C11H21NO/c1-11(2,3)13-12-9-10-7-5-4-6-8-10/h9-10H,4-8H2,1-3H3. The maximum absolute atomic E-state index is 5.30. The van der Waals surface area contributed by atoms with Gasteiger partial charge in [0.1, 0.15) is 5.60 Å². The normalized spacial score (nSPS) is 20.8. The van der Waals surface area contributed by atoms with Gasteiger partial charge in [0.25, 0.3) is 0 Å². The molecule has 0 amide bonds. The molecule has 1 saturated carbocycles. The van der Waals surface area contributed by atoms with Crippen LogP contribution in [0.1, 0.15) is 52.9 Å². The number of oxime groups is 1. The van der Waals surface area contributed by atoms with E-state index in [-0.39, 0.29) is 5.60 Å². The lowest BCUT2D eigenvalue weighted by Gasteiger charge is -2.19. The Morgan fingerprint density at radius 2 is 1.77 bits per heavy atom. The van der Waals surface area contributed by atoms with Crippen LogP contribution in [-0.4, -0.2) is 11.8 Å².